The van der Waals surface area contributed by atoms with Crippen LogP contribution in [0.25, 0.3) is 11.6 Å². The monoisotopic (exact) mass is 578 g/mol. The molecule has 6 rings (SSSR count). The number of hydrogen-bond acceptors (Lipinski definition) is 8. The lowest BCUT2D eigenvalue weighted by atomic mass is 9.87. The Kier molecular flexibility index (Phi) is 9.54. The van der Waals surface area contributed by atoms with E-state index in [2.05, 4.69) is 32.1 Å². The van der Waals surface area contributed by atoms with E-state index in [1.54, 1.807) is 6.20 Å². The van der Waals surface area contributed by atoms with Gasteiger partial charge in [0.1, 0.15) is 23.3 Å². The summed E-state index contributed by atoms with van der Waals surface area (Å²) in [6.45, 7) is 0. The molecule has 0 bridgehead atoms. The first-order valence-corrected chi connectivity index (χ1v) is 14.1. The quantitative estimate of drug-likeness (QED) is 0.173. The van der Waals surface area contributed by atoms with Crippen molar-refractivity contribution >= 4 is 34.9 Å². The van der Waals surface area contributed by atoms with E-state index in [1.807, 2.05) is 121 Å². The second-order valence-corrected chi connectivity index (χ2v) is 10.1. The number of benzene rings is 2. The lowest BCUT2D eigenvalue weighted by Gasteiger charge is -2.18. The van der Waals surface area contributed by atoms with Gasteiger partial charge in [0.25, 0.3) is 0 Å². The number of aromatic nitrogens is 4. The minimum atomic E-state index is 0.142. The van der Waals surface area contributed by atoms with Gasteiger partial charge in [0.05, 0.1) is 5.69 Å². The van der Waals surface area contributed by atoms with Crippen LogP contribution in [-0.4, -0.2) is 19.9 Å². The van der Waals surface area contributed by atoms with Crippen LogP contribution in [0, 0.1) is 0 Å². The Morgan fingerprint density at radius 1 is 0.545 bits per heavy atom. The van der Waals surface area contributed by atoms with Crippen molar-refractivity contribution < 1.29 is 0 Å². The summed E-state index contributed by atoms with van der Waals surface area (Å²) in [6, 6.07) is 39.5. The van der Waals surface area contributed by atoms with Crippen LogP contribution < -0.4 is 22.9 Å². The van der Waals surface area contributed by atoms with Crippen LogP contribution in [0.3, 0.4) is 0 Å². The first kappa shape index (κ1) is 29.5. The second kappa shape index (κ2) is 14.2. The average Bonchev–Trinajstić information content (AvgIpc) is 3.04. The van der Waals surface area contributed by atoms with Crippen molar-refractivity contribution in [3.05, 3.63) is 167 Å². The third-order valence-electron chi connectivity index (χ3n) is 6.87. The van der Waals surface area contributed by atoms with Crippen molar-refractivity contribution in [3.63, 3.8) is 0 Å². The highest BCUT2D eigenvalue weighted by Crippen LogP contribution is 2.30. The van der Waals surface area contributed by atoms with Crippen LogP contribution in [0.2, 0.25) is 0 Å². The number of anilines is 4. The van der Waals surface area contributed by atoms with Gasteiger partial charge in [0, 0.05) is 30.4 Å². The fraction of sp³-hybridized carbons (Fsp3) is 0.0556. The zero-order valence-corrected chi connectivity index (χ0v) is 24.2. The fourth-order valence-electron chi connectivity index (χ4n) is 4.93. The highest BCUT2D eigenvalue weighted by Gasteiger charge is 2.17. The molecule has 6 aromatic rings. The molecule has 0 fully saturated rings. The van der Waals surface area contributed by atoms with Gasteiger partial charge in [-0.3, -0.25) is 9.97 Å². The molecule has 0 aliphatic rings. The lowest BCUT2D eigenvalue weighted by Crippen LogP contribution is -2.08. The molecule has 8 heteroatoms. The number of nitrogens with two attached hydrogens (primary N) is 4. The molecule has 0 radical (unpaired) electrons. The van der Waals surface area contributed by atoms with Crippen LogP contribution in [0.4, 0.5) is 23.3 Å². The van der Waals surface area contributed by atoms with Crippen molar-refractivity contribution in [2.24, 2.45) is 0 Å². The zero-order valence-electron chi connectivity index (χ0n) is 24.2. The molecule has 0 aliphatic heterocycles. The van der Waals surface area contributed by atoms with E-state index in [-0.39, 0.29) is 5.92 Å². The first-order chi connectivity index (χ1) is 21.4. The normalized spacial score (nSPS) is 11.7. The van der Waals surface area contributed by atoms with Gasteiger partial charge in [-0.2, -0.15) is 0 Å². The number of hydrogen-bond donors (Lipinski definition) is 4. The summed E-state index contributed by atoms with van der Waals surface area (Å²) in [6.07, 6.45) is 6.38. The van der Waals surface area contributed by atoms with E-state index in [0.29, 0.717) is 23.3 Å². The predicted octanol–water partition coefficient (Wildman–Crippen LogP) is 6.25. The molecule has 0 saturated heterocycles. The summed E-state index contributed by atoms with van der Waals surface area (Å²) in [7, 11) is 0. The van der Waals surface area contributed by atoms with E-state index in [1.165, 1.54) is 5.56 Å². The number of nitrogen functional groups attached to an aromatic ring is 4. The van der Waals surface area contributed by atoms with Crippen molar-refractivity contribution in [2.75, 3.05) is 22.9 Å². The van der Waals surface area contributed by atoms with E-state index in [9.17, 15) is 0 Å². The first-order valence-electron chi connectivity index (χ1n) is 14.1. The van der Waals surface area contributed by atoms with Gasteiger partial charge >= 0.3 is 0 Å². The molecule has 8 N–H and O–H groups in total. The summed E-state index contributed by atoms with van der Waals surface area (Å²) in [5.41, 5.74) is 30.5. The third kappa shape index (κ3) is 8.04. The summed E-state index contributed by atoms with van der Waals surface area (Å²) < 4.78 is 0. The Labute approximate surface area is 257 Å². The Morgan fingerprint density at radius 2 is 1.09 bits per heavy atom. The summed E-state index contributed by atoms with van der Waals surface area (Å²) >= 11 is 0. The smallest absolute Gasteiger partial charge is 0.126 e. The van der Waals surface area contributed by atoms with Gasteiger partial charge in [0.2, 0.25) is 0 Å². The van der Waals surface area contributed by atoms with Crippen molar-refractivity contribution in [2.45, 2.75) is 12.3 Å². The molecule has 2 aromatic carbocycles. The van der Waals surface area contributed by atoms with Gasteiger partial charge in [-0.05, 0) is 82.4 Å². The van der Waals surface area contributed by atoms with Gasteiger partial charge in [0.15, 0.2) is 0 Å². The molecule has 0 aliphatic carbocycles. The van der Waals surface area contributed by atoms with E-state index >= 15 is 0 Å². The lowest BCUT2D eigenvalue weighted by molar-refractivity contribution is 0.782. The van der Waals surface area contributed by atoms with Crippen molar-refractivity contribution in [1.29, 1.82) is 0 Å². The summed E-state index contributed by atoms with van der Waals surface area (Å²) in [5.74, 6) is 1.83. The molecular formula is C36H34N8. The van der Waals surface area contributed by atoms with Gasteiger partial charge in [-0.25, -0.2) is 9.97 Å². The maximum atomic E-state index is 5.86. The van der Waals surface area contributed by atoms with Crippen LogP contribution in [0.1, 0.15) is 39.6 Å². The number of rotatable bonds is 7. The molecule has 44 heavy (non-hydrogen) atoms. The SMILES string of the molecule is Nc1cc(/C(=C/c2ccccn2)c2ccccc2)cc(N)n1.Nc1cc(C(Cc2ccccn2)c2ccccc2)cc(N)n1. The Bertz CT molecular complexity index is 1770. The standard InChI is InChI=1S/C18H18N4.C18H16N4/c2*19-17-10-14(11-18(20)22-17)16(13-6-2-1-3-7-13)12-15-8-4-5-9-21-15/h1-11,16H,12H2,(H4,19,20,22);1-12H,(H4,19,20,22)/b;16-12+. The summed E-state index contributed by atoms with van der Waals surface area (Å²) in [5, 5.41) is 0. The fourth-order valence-corrected chi connectivity index (χ4v) is 4.93. The molecule has 4 aromatic heterocycles. The van der Waals surface area contributed by atoms with Crippen LogP contribution in [0.15, 0.2) is 134 Å². The van der Waals surface area contributed by atoms with E-state index in [0.717, 1.165) is 40.1 Å². The number of pyridine rings is 4. The highest BCUT2D eigenvalue weighted by atomic mass is 14.9. The molecule has 218 valence electrons. The molecule has 1 atom stereocenters. The van der Waals surface area contributed by atoms with Crippen LogP contribution in [0.5, 0.6) is 0 Å². The molecule has 0 saturated carbocycles. The van der Waals surface area contributed by atoms with Crippen molar-refractivity contribution in [1.82, 2.24) is 19.9 Å². The second-order valence-electron chi connectivity index (χ2n) is 10.1. The maximum Gasteiger partial charge on any atom is 0.126 e. The van der Waals surface area contributed by atoms with Crippen molar-refractivity contribution in [3.8, 4) is 0 Å². The van der Waals surface area contributed by atoms with Crippen LogP contribution >= 0.6 is 0 Å². The highest BCUT2D eigenvalue weighted by molar-refractivity contribution is 5.91. The van der Waals surface area contributed by atoms with Gasteiger partial charge in [-0.1, -0.05) is 72.8 Å². The molecule has 0 spiro atoms. The predicted molar refractivity (Wildman–Crippen MR) is 180 cm³/mol. The molecule has 1 unspecified atom stereocenters. The molecule has 4 heterocycles. The van der Waals surface area contributed by atoms with Gasteiger partial charge < -0.3 is 22.9 Å². The Hall–Kier alpha value is -6.02. The topological polar surface area (TPSA) is 156 Å². The van der Waals surface area contributed by atoms with Crippen LogP contribution in [-0.2, 0) is 6.42 Å². The van der Waals surface area contributed by atoms with Gasteiger partial charge in [-0.15, -0.1) is 0 Å². The maximum absolute atomic E-state index is 5.86. The third-order valence-corrected chi connectivity index (χ3v) is 6.87. The minimum absolute atomic E-state index is 0.142. The minimum Gasteiger partial charge on any atom is -0.384 e. The number of nitrogens with zero attached hydrogens (tertiary/aromatic N) is 4. The average molecular weight is 579 g/mol. The molecular weight excluding hydrogens is 544 g/mol. The van der Waals surface area contributed by atoms with E-state index < -0.39 is 0 Å². The Morgan fingerprint density at radius 3 is 1.66 bits per heavy atom. The Balaban J connectivity index is 0.000000175. The zero-order chi connectivity index (χ0) is 30.7. The summed E-state index contributed by atoms with van der Waals surface area (Å²) in [4.78, 5) is 16.9. The molecule has 0 amide bonds. The van der Waals surface area contributed by atoms with E-state index in [4.69, 9.17) is 22.9 Å². The molecule has 8 nitrogen and oxygen atoms in total. The largest absolute Gasteiger partial charge is 0.384 e.